The Kier molecular flexibility index (Phi) is 21.3. The first-order valence-electron chi connectivity index (χ1n) is 40.4. The maximum absolute atomic E-state index is 5.17. The fourth-order valence-electron chi connectivity index (χ4n) is 14.9. The normalized spacial score (nSPS) is 11.2. The Balaban J connectivity index is 0.566. The summed E-state index contributed by atoms with van der Waals surface area (Å²) in [6.07, 6.45) is 0. The quantitative estimate of drug-likeness (QED) is 0.0679. The molecule has 0 N–H and O–H groups in total. The molecule has 4 aromatic heterocycles. The summed E-state index contributed by atoms with van der Waals surface area (Å²) >= 11 is 3.44. The van der Waals surface area contributed by atoms with Crippen LogP contribution in [0.25, 0.3) is 192 Å². The van der Waals surface area contributed by atoms with Gasteiger partial charge in [-0.25, -0.2) is 49.8 Å². The fourth-order valence-corrected chi connectivity index (χ4v) is 16.7. The molecule has 0 saturated heterocycles. The predicted molar refractivity (Wildman–Crippen MR) is 498 cm³/mol. The maximum atomic E-state index is 5.17. The molecule has 0 saturated carbocycles. The molecule has 0 radical (unpaired) electrons. The van der Waals surface area contributed by atoms with Gasteiger partial charge in [0.1, 0.15) is 0 Å². The van der Waals surface area contributed by atoms with Gasteiger partial charge in [-0.05, 0) is 116 Å². The molecule has 0 fully saturated rings. The molecule has 12 heteroatoms. The molecule has 0 spiro atoms. The second kappa shape index (κ2) is 34.5. The van der Waals surface area contributed by atoms with Gasteiger partial charge in [0.15, 0.2) is 46.6 Å². The van der Waals surface area contributed by atoms with Crippen LogP contribution in [0.15, 0.2) is 456 Å². The highest BCUT2D eigenvalue weighted by Crippen LogP contribution is 2.43. The number of hydrogen-bond acceptors (Lipinski definition) is 12. The molecule has 16 aromatic carbocycles. The zero-order chi connectivity index (χ0) is 81.3. The topological polar surface area (TPSA) is 129 Å². The van der Waals surface area contributed by atoms with Crippen molar-refractivity contribution in [3.63, 3.8) is 0 Å². The highest BCUT2D eigenvalue weighted by molar-refractivity contribution is 7.99. The van der Waals surface area contributed by atoms with E-state index in [-0.39, 0.29) is 0 Å². The van der Waals surface area contributed by atoms with E-state index < -0.39 is 0 Å². The summed E-state index contributed by atoms with van der Waals surface area (Å²) in [6, 6.07) is 152. The van der Waals surface area contributed by atoms with Gasteiger partial charge < -0.3 is 0 Å². The van der Waals surface area contributed by atoms with Gasteiger partial charge in [-0.1, -0.05) is 400 Å². The van der Waals surface area contributed by atoms with Crippen molar-refractivity contribution in [3.05, 3.63) is 437 Å². The van der Waals surface area contributed by atoms with Crippen molar-refractivity contribution in [3.8, 4) is 192 Å². The number of benzene rings is 16. The highest BCUT2D eigenvalue weighted by Gasteiger charge is 2.20. The summed E-state index contributed by atoms with van der Waals surface area (Å²) in [5.74, 6) is 4.97. The van der Waals surface area contributed by atoms with Gasteiger partial charge in [0.25, 0.3) is 0 Å². The molecule has 122 heavy (non-hydrogen) atoms. The third kappa shape index (κ3) is 16.8. The molecule has 0 unspecified atom stereocenters. The summed E-state index contributed by atoms with van der Waals surface area (Å²) in [6.45, 7) is 0. The van der Waals surface area contributed by atoms with Crippen LogP contribution in [0, 0.1) is 0 Å². The first-order chi connectivity index (χ1) is 60.3. The van der Waals surface area contributed by atoms with Crippen LogP contribution in [0.3, 0.4) is 0 Å². The first-order valence-corrected chi connectivity index (χ1v) is 42.0. The molecule has 20 aromatic rings. The molecule has 0 amide bonds. The lowest BCUT2D eigenvalue weighted by atomic mass is 9.96. The number of aromatic nitrogens is 10. The van der Waals surface area contributed by atoms with Gasteiger partial charge in [0.2, 0.25) is 0 Å². The molecule has 4 heterocycles. The molecule has 0 aliphatic carbocycles. The van der Waals surface area contributed by atoms with Crippen molar-refractivity contribution in [1.29, 1.82) is 0 Å². The van der Waals surface area contributed by atoms with E-state index in [0.717, 1.165) is 165 Å². The zero-order valence-electron chi connectivity index (χ0n) is 65.9. The van der Waals surface area contributed by atoms with Crippen molar-refractivity contribution >= 4 is 23.5 Å². The number of hydrogen-bond donors (Lipinski definition) is 0. The molecule has 0 bridgehead atoms. The monoisotopic (exact) mass is 1600 g/mol. The van der Waals surface area contributed by atoms with Gasteiger partial charge in [0.05, 0.1) is 22.8 Å². The van der Waals surface area contributed by atoms with Crippen molar-refractivity contribution in [2.24, 2.45) is 0 Å². The third-order valence-corrected chi connectivity index (χ3v) is 23.6. The van der Waals surface area contributed by atoms with Gasteiger partial charge in [-0.3, -0.25) is 0 Å². The second-order valence-corrected chi connectivity index (χ2v) is 31.7. The molecule has 0 aliphatic heterocycles. The van der Waals surface area contributed by atoms with E-state index >= 15 is 0 Å². The average Bonchev–Trinajstić information content (AvgIpc) is 0.805. The third-order valence-electron chi connectivity index (χ3n) is 21.5. The fraction of sp³-hybridized carbons (Fsp3) is 0. The highest BCUT2D eigenvalue weighted by atomic mass is 32.2. The van der Waals surface area contributed by atoms with Crippen molar-refractivity contribution in [1.82, 2.24) is 49.8 Å². The maximum Gasteiger partial charge on any atom is 0.164 e. The molecular weight excluding hydrogens is 1530 g/mol. The van der Waals surface area contributed by atoms with E-state index in [0.29, 0.717) is 46.6 Å². The van der Waals surface area contributed by atoms with E-state index in [1.807, 2.05) is 140 Å². The molecule has 20 rings (SSSR count). The van der Waals surface area contributed by atoms with Crippen LogP contribution in [0.2, 0.25) is 0 Å². The Morgan fingerprint density at radius 3 is 0.598 bits per heavy atom. The van der Waals surface area contributed by atoms with E-state index in [1.54, 1.807) is 23.5 Å². The minimum atomic E-state index is 0.582. The van der Waals surface area contributed by atoms with Crippen molar-refractivity contribution < 1.29 is 0 Å². The average molecular weight is 1600 g/mol. The Labute approximate surface area is 716 Å². The molecule has 0 aliphatic rings. The van der Waals surface area contributed by atoms with Crippen LogP contribution < -0.4 is 0 Å². The SMILES string of the molecule is c1ccc(-c2ccc(-c3nc(-c4ccccc4)nc(-c4ccc(Sc5ccc(-c6nc(-c7ccccc7)nc(-c7ccc(-c8ccc(-c9cc(-c%10ccc(-c%11cc(-c%12ccccc%12)nc(-c%12ccccc%12)n%11)cc%10)ccc9Sc9ccc(-c%10ccc(-c%11cc(-c%12ccccc%12)nc(-c%12ccccc%12)n%11)cc%10)cc9)cc8)cc7)n6)cc5)cc4)n3)cc2)cc1. The van der Waals surface area contributed by atoms with E-state index in [9.17, 15) is 0 Å². The summed E-state index contributed by atoms with van der Waals surface area (Å²) in [4.78, 5) is 55.1. The van der Waals surface area contributed by atoms with E-state index in [4.69, 9.17) is 49.8 Å². The van der Waals surface area contributed by atoms with Gasteiger partial charge in [-0.2, -0.15) is 0 Å². The van der Waals surface area contributed by atoms with Crippen LogP contribution in [0.5, 0.6) is 0 Å². The van der Waals surface area contributed by atoms with E-state index in [1.165, 1.54) is 0 Å². The lowest BCUT2D eigenvalue weighted by Crippen LogP contribution is -2.00. The Morgan fingerprint density at radius 2 is 0.303 bits per heavy atom. The van der Waals surface area contributed by atoms with Gasteiger partial charge in [0, 0.05) is 86.3 Å². The largest absolute Gasteiger partial charge is 0.228 e. The summed E-state index contributed by atoms with van der Waals surface area (Å²) in [5.41, 5.74) is 26.0. The Morgan fingerprint density at radius 1 is 0.123 bits per heavy atom. The summed E-state index contributed by atoms with van der Waals surface area (Å²) in [7, 11) is 0. The molecule has 574 valence electrons. The predicted octanol–water partition coefficient (Wildman–Crippen LogP) is 28.3. The van der Waals surface area contributed by atoms with Crippen molar-refractivity contribution in [2.75, 3.05) is 0 Å². The Hall–Kier alpha value is -15.6. The smallest absolute Gasteiger partial charge is 0.164 e. The van der Waals surface area contributed by atoms with Crippen LogP contribution in [0.1, 0.15) is 0 Å². The lowest BCUT2D eigenvalue weighted by molar-refractivity contribution is 1.07. The van der Waals surface area contributed by atoms with Gasteiger partial charge in [-0.15, -0.1) is 0 Å². The van der Waals surface area contributed by atoms with Gasteiger partial charge >= 0.3 is 0 Å². The summed E-state index contributed by atoms with van der Waals surface area (Å²) in [5, 5.41) is 0. The first kappa shape index (κ1) is 75.2. The van der Waals surface area contributed by atoms with Crippen LogP contribution in [-0.2, 0) is 0 Å². The number of rotatable bonds is 21. The van der Waals surface area contributed by atoms with E-state index in [2.05, 4.69) is 297 Å². The second-order valence-electron chi connectivity index (χ2n) is 29.5. The van der Waals surface area contributed by atoms with Crippen LogP contribution in [0.4, 0.5) is 0 Å². The summed E-state index contributed by atoms with van der Waals surface area (Å²) < 4.78 is 0. The number of nitrogens with zero attached hydrogens (tertiary/aromatic N) is 10. The molecule has 10 nitrogen and oxygen atoms in total. The Bertz CT molecular complexity index is 6940. The van der Waals surface area contributed by atoms with Crippen LogP contribution in [-0.4, -0.2) is 49.8 Å². The zero-order valence-corrected chi connectivity index (χ0v) is 67.5. The lowest BCUT2D eigenvalue weighted by Gasteiger charge is -2.14. The standard InChI is InChI=1S/C110H72N10S2/c1-8-22-73(23-9-1)74-42-52-89(53-43-74)107-115-105(87-32-18-6-19-33-87)117-109(119-107)91-58-65-94(66-59-91)121-95-67-60-92(61-68-95)110-118-106(88-34-20-7-21-35-88)116-108(120-110)90-54-44-77(45-55-90)75-36-46-80(47-37-75)97-70-93(79-40-50-84(51-41-79)101-72-99(82-26-12-3-13-27-82)112-104(114-101)86-30-16-5-17-31-86)62-69-102(97)122-96-63-56-78(57-64-96)76-38-48-83(49-39-76)100-71-98(81-24-10-2-11-25-81)111-103(113-100)85-28-14-4-15-29-85/h1-72H. The minimum absolute atomic E-state index is 0.582. The van der Waals surface area contributed by atoms with Crippen LogP contribution >= 0.6 is 23.5 Å². The van der Waals surface area contributed by atoms with Crippen molar-refractivity contribution in [2.45, 2.75) is 19.6 Å². The molecule has 0 atom stereocenters. The minimum Gasteiger partial charge on any atom is -0.228 e. The molecular formula is C110H72N10S2.